The highest BCUT2D eigenvalue weighted by Gasteiger charge is 2.16. The number of alkyl halides is 1. The minimum atomic E-state index is -0.690. The molecule has 1 amide bonds. The maximum atomic E-state index is 13.3. The number of hydrogen-bond acceptors (Lipinski definition) is 6. The molecule has 0 radical (unpaired) electrons. The topological polar surface area (TPSA) is 120 Å². The van der Waals surface area contributed by atoms with Crippen molar-refractivity contribution in [3.05, 3.63) is 64.7 Å². The van der Waals surface area contributed by atoms with Crippen LogP contribution in [-0.2, 0) is 6.67 Å². The molecule has 0 saturated carbocycles. The van der Waals surface area contributed by atoms with Crippen molar-refractivity contribution in [1.82, 2.24) is 10.3 Å². The number of halogens is 2. The standard InChI is InChI=1S/C22H22ClFN4O3/c1-12(11-29)26-22(31)16-4-6-19(28-21(16)25)17-9-15(3-7-20(17)30)27-18-5-2-14(23)8-13(18)10-24/h2-9,12,27,29-30H,10-11H2,1H3,(H2,25,28)(H,26,31)/t12-/m1/s1. The molecule has 0 spiro atoms. The summed E-state index contributed by atoms with van der Waals surface area (Å²) in [6, 6.07) is 12.2. The highest BCUT2D eigenvalue weighted by molar-refractivity contribution is 6.30. The molecule has 0 aliphatic carbocycles. The van der Waals surface area contributed by atoms with Gasteiger partial charge in [0.25, 0.3) is 5.91 Å². The lowest BCUT2D eigenvalue weighted by molar-refractivity contribution is 0.0923. The number of nitrogens with one attached hydrogen (secondary N) is 2. The molecule has 0 unspecified atom stereocenters. The Kier molecular flexibility index (Phi) is 6.94. The van der Waals surface area contributed by atoms with E-state index in [4.69, 9.17) is 22.4 Å². The van der Waals surface area contributed by atoms with Crippen LogP contribution < -0.4 is 16.4 Å². The number of aliphatic hydroxyl groups is 1. The van der Waals surface area contributed by atoms with E-state index in [9.17, 15) is 14.3 Å². The van der Waals surface area contributed by atoms with Crippen LogP contribution in [0.2, 0.25) is 5.02 Å². The zero-order chi connectivity index (χ0) is 22.5. The first-order valence-electron chi connectivity index (χ1n) is 9.45. The van der Waals surface area contributed by atoms with Crippen molar-refractivity contribution in [1.29, 1.82) is 0 Å². The third-order valence-electron chi connectivity index (χ3n) is 4.58. The number of amides is 1. The number of carbonyl (C=O) groups is 1. The first kappa shape index (κ1) is 22.3. The summed E-state index contributed by atoms with van der Waals surface area (Å²) >= 11 is 5.92. The zero-order valence-electron chi connectivity index (χ0n) is 16.7. The molecular formula is C22H22ClFN4O3. The number of aromatic hydroxyl groups is 1. The predicted molar refractivity (Wildman–Crippen MR) is 119 cm³/mol. The van der Waals surface area contributed by atoms with E-state index in [1.165, 1.54) is 18.2 Å². The lowest BCUT2D eigenvalue weighted by Gasteiger charge is -2.14. The fourth-order valence-electron chi connectivity index (χ4n) is 2.93. The van der Waals surface area contributed by atoms with Gasteiger partial charge in [-0.05, 0) is 55.5 Å². The van der Waals surface area contributed by atoms with Gasteiger partial charge >= 0.3 is 0 Å². The summed E-state index contributed by atoms with van der Waals surface area (Å²) in [5.74, 6) is -0.514. The molecule has 3 rings (SSSR count). The number of aromatic nitrogens is 1. The van der Waals surface area contributed by atoms with Gasteiger partial charge in [0, 0.05) is 33.6 Å². The van der Waals surface area contributed by atoms with Gasteiger partial charge in [0.1, 0.15) is 18.2 Å². The Morgan fingerprint density at radius 3 is 2.68 bits per heavy atom. The van der Waals surface area contributed by atoms with E-state index < -0.39 is 18.6 Å². The van der Waals surface area contributed by atoms with E-state index in [-0.39, 0.29) is 23.7 Å². The average Bonchev–Trinajstić information content (AvgIpc) is 2.75. The third-order valence-corrected chi connectivity index (χ3v) is 4.82. The number of pyridine rings is 1. The molecular weight excluding hydrogens is 423 g/mol. The van der Waals surface area contributed by atoms with Gasteiger partial charge in [0.05, 0.1) is 17.9 Å². The van der Waals surface area contributed by atoms with Crippen molar-refractivity contribution in [3.63, 3.8) is 0 Å². The minimum absolute atomic E-state index is 0.0182. The molecule has 162 valence electrons. The van der Waals surface area contributed by atoms with Crippen LogP contribution in [0, 0.1) is 0 Å². The van der Waals surface area contributed by atoms with E-state index >= 15 is 0 Å². The molecule has 0 saturated heterocycles. The Morgan fingerprint density at radius 2 is 2.00 bits per heavy atom. The summed E-state index contributed by atoms with van der Waals surface area (Å²) in [5, 5.41) is 25.5. The van der Waals surface area contributed by atoms with Crippen LogP contribution in [0.1, 0.15) is 22.8 Å². The lowest BCUT2D eigenvalue weighted by Crippen LogP contribution is -2.35. The van der Waals surface area contributed by atoms with Crippen molar-refractivity contribution in [2.45, 2.75) is 19.6 Å². The Morgan fingerprint density at radius 1 is 1.23 bits per heavy atom. The zero-order valence-corrected chi connectivity index (χ0v) is 17.4. The predicted octanol–water partition coefficient (Wildman–Crippen LogP) is 4.01. The van der Waals surface area contributed by atoms with Gasteiger partial charge in [-0.15, -0.1) is 0 Å². The van der Waals surface area contributed by atoms with Gasteiger partial charge in [-0.3, -0.25) is 4.79 Å². The molecule has 1 aromatic heterocycles. The smallest absolute Gasteiger partial charge is 0.255 e. The fraction of sp³-hybridized carbons (Fsp3) is 0.182. The number of phenolic OH excluding ortho intramolecular Hbond substituents is 1. The molecule has 1 atom stereocenters. The van der Waals surface area contributed by atoms with E-state index in [1.54, 1.807) is 37.3 Å². The molecule has 0 fully saturated rings. The summed E-state index contributed by atoms with van der Waals surface area (Å²) in [5.41, 5.74) is 8.37. The average molecular weight is 445 g/mol. The van der Waals surface area contributed by atoms with E-state index in [1.807, 2.05) is 0 Å². The van der Waals surface area contributed by atoms with Gasteiger partial charge in [-0.25, -0.2) is 9.37 Å². The first-order valence-corrected chi connectivity index (χ1v) is 9.83. The summed E-state index contributed by atoms with van der Waals surface area (Å²) in [4.78, 5) is 16.5. The van der Waals surface area contributed by atoms with Crippen LogP contribution in [0.15, 0.2) is 48.5 Å². The van der Waals surface area contributed by atoms with Crippen molar-refractivity contribution in [2.24, 2.45) is 0 Å². The summed E-state index contributed by atoms with van der Waals surface area (Å²) in [6.45, 7) is 0.758. The first-order chi connectivity index (χ1) is 14.8. The second kappa shape index (κ2) is 9.63. The molecule has 9 heteroatoms. The van der Waals surface area contributed by atoms with Crippen molar-refractivity contribution < 1.29 is 19.4 Å². The van der Waals surface area contributed by atoms with Gasteiger partial charge in [0.2, 0.25) is 0 Å². The van der Waals surface area contributed by atoms with Crippen molar-refractivity contribution >= 4 is 34.7 Å². The number of nitrogens with two attached hydrogens (primary N) is 1. The maximum absolute atomic E-state index is 13.3. The highest BCUT2D eigenvalue weighted by atomic mass is 35.5. The van der Waals surface area contributed by atoms with Gasteiger partial charge in [-0.2, -0.15) is 0 Å². The minimum Gasteiger partial charge on any atom is -0.507 e. The number of phenols is 1. The van der Waals surface area contributed by atoms with Gasteiger partial charge < -0.3 is 26.6 Å². The highest BCUT2D eigenvalue weighted by Crippen LogP contribution is 2.33. The largest absolute Gasteiger partial charge is 0.507 e. The number of rotatable bonds is 7. The number of nitrogen functional groups attached to an aromatic ring is 1. The van der Waals surface area contributed by atoms with Gasteiger partial charge in [0.15, 0.2) is 0 Å². The van der Waals surface area contributed by atoms with Crippen LogP contribution in [0.4, 0.5) is 21.6 Å². The lowest BCUT2D eigenvalue weighted by atomic mass is 10.1. The van der Waals surface area contributed by atoms with E-state index in [0.29, 0.717) is 33.2 Å². The number of carbonyl (C=O) groups excluding carboxylic acids is 1. The van der Waals surface area contributed by atoms with Crippen LogP contribution in [-0.4, -0.2) is 33.8 Å². The molecule has 7 nitrogen and oxygen atoms in total. The van der Waals surface area contributed by atoms with E-state index in [2.05, 4.69) is 15.6 Å². The second-order valence-corrected chi connectivity index (χ2v) is 7.41. The van der Waals surface area contributed by atoms with Crippen LogP contribution >= 0.6 is 11.6 Å². The Bertz CT molecular complexity index is 1110. The summed E-state index contributed by atoms with van der Waals surface area (Å²) in [6.07, 6.45) is 0. The molecule has 3 aromatic rings. The maximum Gasteiger partial charge on any atom is 0.255 e. The molecule has 2 aromatic carbocycles. The number of hydrogen-bond donors (Lipinski definition) is 5. The Hall–Kier alpha value is -3.36. The SMILES string of the molecule is C[C@H](CO)NC(=O)c1ccc(-c2cc(Nc3ccc(Cl)cc3CF)ccc2O)nc1N. The Labute approximate surface area is 183 Å². The van der Waals surface area contributed by atoms with Crippen LogP contribution in [0.3, 0.4) is 0 Å². The summed E-state index contributed by atoms with van der Waals surface area (Å²) < 4.78 is 13.3. The molecule has 0 bridgehead atoms. The Balaban J connectivity index is 1.90. The number of aliphatic hydroxyl groups excluding tert-OH is 1. The number of benzene rings is 2. The van der Waals surface area contributed by atoms with Crippen molar-refractivity contribution in [2.75, 3.05) is 17.7 Å². The fourth-order valence-corrected chi connectivity index (χ4v) is 3.13. The van der Waals surface area contributed by atoms with Gasteiger partial charge in [-0.1, -0.05) is 11.6 Å². The normalized spacial score (nSPS) is 11.7. The van der Waals surface area contributed by atoms with Crippen LogP contribution in [0.25, 0.3) is 11.3 Å². The monoisotopic (exact) mass is 444 g/mol. The molecule has 31 heavy (non-hydrogen) atoms. The number of anilines is 3. The van der Waals surface area contributed by atoms with Crippen LogP contribution in [0.5, 0.6) is 5.75 Å². The van der Waals surface area contributed by atoms with E-state index in [0.717, 1.165) is 0 Å². The molecule has 0 aliphatic heterocycles. The molecule has 6 N–H and O–H groups in total. The second-order valence-electron chi connectivity index (χ2n) is 6.98. The summed E-state index contributed by atoms with van der Waals surface area (Å²) in [7, 11) is 0. The van der Waals surface area contributed by atoms with Crippen molar-refractivity contribution in [3.8, 4) is 17.0 Å². The quantitative estimate of drug-likeness (QED) is 0.351. The molecule has 1 heterocycles. The number of nitrogens with zero attached hydrogens (tertiary/aromatic N) is 1. The third kappa shape index (κ3) is 5.22. The molecule has 0 aliphatic rings.